The first-order valence-electron chi connectivity index (χ1n) is 7.60. The topological polar surface area (TPSA) is 49.4 Å². The minimum absolute atomic E-state index is 0.00479. The molecule has 1 atom stereocenters. The van der Waals surface area contributed by atoms with Gasteiger partial charge in [-0.25, -0.2) is 0 Å². The summed E-state index contributed by atoms with van der Waals surface area (Å²) in [7, 11) is 0. The van der Waals surface area contributed by atoms with E-state index < -0.39 is 5.54 Å². The molecule has 1 aliphatic carbocycles. The lowest BCUT2D eigenvalue weighted by Gasteiger charge is -2.37. The van der Waals surface area contributed by atoms with Gasteiger partial charge in [-0.1, -0.05) is 19.8 Å². The van der Waals surface area contributed by atoms with Gasteiger partial charge in [0, 0.05) is 24.3 Å². The highest BCUT2D eigenvalue weighted by Crippen LogP contribution is 2.41. The summed E-state index contributed by atoms with van der Waals surface area (Å²) in [5.74, 6) is 0.0843. The zero-order valence-electron chi connectivity index (χ0n) is 12.8. The zero-order valence-corrected chi connectivity index (χ0v) is 13.6. The third-order valence-electron chi connectivity index (χ3n) is 4.92. The molecule has 2 fully saturated rings. The fourth-order valence-corrected chi connectivity index (χ4v) is 4.28. The standard InChI is InChI=1S/C15H26N2O2S/c1-4-14(2)13(19)17(10-7-12(18)16-14)11-15(20-3)8-5-6-9-15/h4-11H2,1-3H3,(H,16,18). The summed E-state index contributed by atoms with van der Waals surface area (Å²) in [6.45, 7) is 5.16. The van der Waals surface area contributed by atoms with E-state index in [2.05, 4.69) is 11.6 Å². The molecule has 2 aliphatic rings. The summed E-state index contributed by atoms with van der Waals surface area (Å²) in [6, 6.07) is 0. The summed E-state index contributed by atoms with van der Waals surface area (Å²) >= 11 is 1.89. The summed E-state index contributed by atoms with van der Waals surface area (Å²) < 4.78 is 0.206. The molecule has 114 valence electrons. The average Bonchev–Trinajstić information content (AvgIpc) is 2.87. The molecular weight excluding hydrogens is 272 g/mol. The maximum atomic E-state index is 12.8. The Hall–Kier alpha value is -0.710. The van der Waals surface area contributed by atoms with Gasteiger partial charge >= 0.3 is 0 Å². The molecule has 1 N–H and O–H groups in total. The predicted octanol–water partition coefficient (Wildman–Crippen LogP) is 2.18. The Morgan fingerprint density at radius 3 is 2.50 bits per heavy atom. The fraction of sp³-hybridized carbons (Fsp3) is 0.867. The fourth-order valence-electron chi connectivity index (χ4n) is 3.30. The van der Waals surface area contributed by atoms with Crippen molar-refractivity contribution >= 4 is 23.6 Å². The van der Waals surface area contributed by atoms with Gasteiger partial charge in [0.15, 0.2) is 0 Å². The highest BCUT2D eigenvalue weighted by Gasteiger charge is 2.43. The van der Waals surface area contributed by atoms with Crippen LogP contribution in [-0.2, 0) is 9.59 Å². The van der Waals surface area contributed by atoms with Crippen LogP contribution in [0.2, 0.25) is 0 Å². The third-order valence-corrected chi connectivity index (χ3v) is 6.32. The molecule has 1 aliphatic heterocycles. The van der Waals surface area contributed by atoms with E-state index in [9.17, 15) is 9.59 Å². The van der Waals surface area contributed by atoms with E-state index in [0.29, 0.717) is 19.4 Å². The first kappa shape index (κ1) is 15.7. The summed E-state index contributed by atoms with van der Waals surface area (Å²) in [5, 5.41) is 2.90. The molecule has 5 heteroatoms. The number of nitrogens with zero attached hydrogens (tertiary/aromatic N) is 1. The van der Waals surface area contributed by atoms with Gasteiger partial charge in [-0.05, 0) is 32.4 Å². The van der Waals surface area contributed by atoms with Crippen LogP contribution in [0.1, 0.15) is 52.4 Å². The van der Waals surface area contributed by atoms with E-state index in [4.69, 9.17) is 0 Å². The maximum Gasteiger partial charge on any atom is 0.248 e. The second kappa shape index (κ2) is 5.96. The Bertz CT molecular complexity index is 393. The summed E-state index contributed by atoms with van der Waals surface area (Å²) in [5.41, 5.74) is -0.730. The molecule has 0 bridgehead atoms. The van der Waals surface area contributed by atoms with Crippen molar-refractivity contribution in [2.24, 2.45) is 0 Å². The molecule has 0 aromatic rings. The number of hydrogen-bond donors (Lipinski definition) is 1. The van der Waals surface area contributed by atoms with Crippen molar-refractivity contribution in [3.05, 3.63) is 0 Å². The van der Waals surface area contributed by atoms with E-state index in [1.807, 2.05) is 30.5 Å². The Morgan fingerprint density at radius 2 is 1.95 bits per heavy atom. The normalized spacial score (nSPS) is 30.2. The molecule has 0 aromatic carbocycles. The molecule has 1 saturated carbocycles. The van der Waals surface area contributed by atoms with Gasteiger partial charge in [-0.3, -0.25) is 9.59 Å². The van der Waals surface area contributed by atoms with Crippen LogP contribution >= 0.6 is 11.8 Å². The van der Waals surface area contributed by atoms with Crippen LogP contribution in [0.5, 0.6) is 0 Å². The van der Waals surface area contributed by atoms with Gasteiger partial charge in [0.1, 0.15) is 5.54 Å². The second-order valence-electron chi connectivity index (χ2n) is 6.30. The van der Waals surface area contributed by atoms with E-state index in [-0.39, 0.29) is 16.6 Å². The quantitative estimate of drug-likeness (QED) is 0.865. The van der Waals surface area contributed by atoms with Gasteiger partial charge in [0.25, 0.3) is 0 Å². The highest BCUT2D eigenvalue weighted by molar-refractivity contribution is 8.00. The average molecular weight is 298 g/mol. The second-order valence-corrected chi connectivity index (χ2v) is 7.58. The molecule has 20 heavy (non-hydrogen) atoms. The number of hydrogen-bond acceptors (Lipinski definition) is 3. The largest absolute Gasteiger partial charge is 0.342 e. The lowest BCUT2D eigenvalue weighted by atomic mass is 9.96. The minimum Gasteiger partial charge on any atom is -0.342 e. The number of carbonyl (C=O) groups is 2. The summed E-state index contributed by atoms with van der Waals surface area (Å²) in [4.78, 5) is 26.6. The van der Waals surface area contributed by atoms with Gasteiger partial charge in [-0.2, -0.15) is 11.8 Å². The Kier molecular flexibility index (Phi) is 4.67. The molecule has 0 spiro atoms. The van der Waals surface area contributed by atoms with Crippen LogP contribution in [-0.4, -0.2) is 46.3 Å². The van der Waals surface area contributed by atoms with Crippen LogP contribution in [0.25, 0.3) is 0 Å². The molecule has 0 aromatic heterocycles. The lowest BCUT2D eigenvalue weighted by molar-refractivity contribution is -0.138. The molecular formula is C15H26N2O2S. The van der Waals surface area contributed by atoms with Gasteiger partial charge in [0.05, 0.1) is 0 Å². The van der Waals surface area contributed by atoms with Crippen LogP contribution in [0.4, 0.5) is 0 Å². The van der Waals surface area contributed by atoms with E-state index in [1.54, 1.807) is 0 Å². The van der Waals surface area contributed by atoms with E-state index in [0.717, 1.165) is 6.54 Å². The molecule has 2 rings (SSSR count). The van der Waals surface area contributed by atoms with Crippen molar-refractivity contribution in [3.8, 4) is 0 Å². The Labute approximate surface area is 126 Å². The van der Waals surface area contributed by atoms with E-state index >= 15 is 0 Å². The summed E-state index contributed by atoms with van der Waals surface area (Å²) in [6.07, 6.45) is 8.09. The van der Waals surface area contributed by atoms with Crippen molar-refractivity contribution in [2.75, 3.05) is 19.3 Å². The van der Waals surface area contributed by atoms with Gasteiger partial charge in [-0.15, -0.1) is 0 Å². The van der Waals surface area contributed by atoms with Crippen molar-refractivity contribution in [2.45, 2.75) is 62.7 Å². The number of carbonyl (C=O) groups excluding carboxylic acids is 2. The van der Waals surface area contributed by atoms with Gasteiger partial charge in [0.2, 0.25) is 11.8 Å². The highest BCUT2D eigenvalue weighted by atomic mass is 32.2. The van der Waals surface area contributed by atoms with Crippen LogP contribution < -0.4 is 5.32 Å². The zero-order chi connectivity index (χ0) is 14.8. The number of thioether (sulfide) groups is 1. The number of rotatable bonds is 4. The van der Waals surface area contributed by atoms with Crippen LogP contribution in [0.3, 0.4) is 0 Å². The van der Waals surface area contributed by atoms with Crippen molar-refractivity contribution in [1.82, 2.24) is 10.2 Å². The smallest absolute Gasteiger partial charge is 0.248 e. The van der Waals surface area contributed by atoms with Crippen LogP contribution in [0, 0.1) is 0 Å². The predicted molar refractivity (Wildman–Crippen MR) is 82.7 cm³/mol. The lowest BCUT2D eigenvalue weighted by Crippen LogP contribution is -2.56. The number of amides is 2. The minimum atomic E-state index is -0.730. The molecule has 4 nitrogen and oxygen atoms in total. The van der Waals surface area contributed by atoms with Gasteiger partial charge < -0.3 is 10.2 Å². The molecule has 1 unspecified atom stereocenters. The van der Waals surface area contributed by atoms with Crippen molar-refractivity contribution in [3.63, 3.8) is 0 Å². The van der Waals surface area contributed by atoms with Crippen molar-refractivity contribution < 1.29 is 9.59 Å². The molecule has 1 heterocycles. The van der Waals surface area contributed by atoms with Crippen LogP contribution in [0.15, 0.2) is 0 Å². The first-order chi connectivity index (χ1) is 9.45. The van der Waals surface area contributed by atoms with E-state index in [1.165, 1.54) is 25.7 Å². The monoisotopic (exact) mass is 298 g/mol. The number of nitrogens with one attached hydrogen (secondary N) is 1. The first-order valence-corrected chi connectivity index (χ1v) is 8.83. The maximum absolute atomic E-state index is 12.8. The molecule has 2 amide bonds. The Balaban J connectivity index is 2.17. The molecule has 0 radical (unpaired) electrons. The van der Waals surface area contributed by atoms with Crippen molar-refractivity contribution in [1.29, 1.82) is 0 Å². The third kappa shape index (κ3) is 2.97. The SMILES string of the molecule is CCC1(C)NC(=O)CCN(CC2(SC)CCCC2)C1=O. The molecule has 1 saturated heterocycles. The Morgan fingerprint density at radius 1 is 1.30 bits per heavy atom.